The third kappa shape index (κ3) is 2.39. The summed E-state index contributed by atoms with van der Waals surface area (Å²) in [5, 5.41) is 13.4. The first-order valence-corrected chi connectivity index (χ1v) is 4.87. The zero-order valence-corrected chi connectivity index (χ0v) is 8.38. The van der Waals surface area contributed by atoms with Gasteiger partial charge in [0.1, 0.15) is 12.4 Å². The highest BCUT2D eigenvalue weighted by atomic mass is 16.6. The van der Waals surface area contributed by atoms with Crippen LogP contribution in [-0.2, 0) is 0 Å². The van der Waals surface area contributed by atoms with Gasteiger partial charge in [0.15, 0.2) is 0 Å². The van der Waals surface area contributed by atoms with Gasteiger partial charge in [-0.25, -0.2) is 9.97 Å². The molecule has 0 aliphatic heterocycles. The largest absolute Gasteiger partial charge is 0.354 e. The standard InChI is InChI=1S/C9H12N4O2/c1-6-2-7(6)3-10-9-11-4-8(5-12-9)13(14)15/h4-7H,2-3H2,1H3,(H,10,11,12). The van der Waals surface area contributed by atoms with Gasteiger partial charge in [0.2, 0.25) is 5.95 Å². The molecule has 1 N–H and O–H groups in total. The maximum atomic E-state index is 10.3. The maximum Gasteiger partial charge on any atom is 0.305 e. The lowest BCUT2D eigenvalue weighted by Crippen LogP contribution is -2.07. The summed E-state index contributed by atoms with van der Waals surface area (Å²) in [5.74, 6) is 1.93. The normalized spacial score (nSPS) is 23.5. The van der Waals surface area contributed by atoms with Crippen LogP contribution in [0.2, 0.25) is 0 Å². The van der Waals surface area contributed by atoms with Crippen molar-refractivity contribution in [3.63, 3.8) is 0 Å². The molecule has 2 atom stereocenters. The summed E-state index contributed by atoms with van der Waals surface area (Å²) in [7, 11) is 0. The molecule has 1 saturated carbocycles. The van der Waals surface area contributed by atoms with Gasteiger partial charge in [-0.3, -0.25) is 10.1 Å². The summed E-state index contributed by atoms with van der Waals surface area (Å²) in [6.45, 7) is 3.04. The first-order valence-electron chi connectivity index (χ1n) is 4.87. The number of hydrogen-bond donors (Lipinski definition) is 1. The van der Waals surface area contributed by atoms with E-state index in [0.29, 0.717) is 11.9 Å². The van der Waals surface area contributed by atoms with Crippen molar-refractivity contribution >= 4 is 11.6 Å². The summed E-state index contributed by atoms with van der Waals surface area (Å²) in [6, 6.07) is 0. The number of nitrogens with zero attached hydrogens (tertiary/aromatic N) is 3. The molecular weight excluding hydrogens is 196 g/mol. The van der Waals surface area contributed by atoms with Crippen LogP contribution in [-0.4, -0.2) is 21.4 Å². The van der Waals surface area contributed by atoms with Crippen LogP contribution in [0.1, 0.15) is 13.3 Å². The topological polar surface area (TPSA) is 81.0 Å². The second kappa shape index (κ2) is 3.80. The molecule has 0 radical (unpaired) electrons. The Morgan fingerprint density at radius 3 is 2.67 bits per heavy atom. The number of nitrogens with one attached hydrogen (secondary N) is 1. The SMILES string of the molecule is CC1CC1CNc1ncc([N+](=O)[O-])cn1. The summed E-state index contributed by atoms with van der Waals surface area (Å²) < 4.78 is 0. The zero-order valence-electron chi connectivity index (χ0n) is 8.38. The third-order valence-electron chi connectivity index (χ3n) is 2.65. The minimum Gasteiger partial charge on any atom is -0.354 e. The quantitative estimate of drug-likeness (QED) is 0.598. The number of hydrogen-bond acceptors (Lipinski definition) is 5. The number of nitro groups is 1. The van der Waals surface area contributed by atoms with Crippen molar-refractivity contribution in [2.24, 2.45) is 11.8 Å². The predicted octanol–water partition coefficient (Wildman–Crippen LogP) is 1.45. The highest BCUT2D eigenvalue weighted by Gasteiger charge is 2.32. The number of rotatable bonds is 4. The molecule has 1 aliphatic rings. The Balaban J connectivity index is 1.89. The van der Waals surface area contributed by atoms with Crippen molar-refractivity contribution in [2.75, 3.05) is 11.9 Å². The molecule has 0 saturated heterocycles. The van der Waals surface area contributed by atoms with Crippen molar-refractivity contribution in [1.29, 1.82) is 0 Å². The fourth-order valence-electron chi connectivity index (χ4n) is 1.41. The molecule has 6 nitrogen and oxygen atoms in total. The molecule has 0 amide bonds. The van der Waals surface area contributed by atoms with Crippen LogP contribution < -0.4 is 5.32 Å². The second-order valence-corrected chi connectivity index (χ2v) is 3.88. The summed E-state index contributed by atoms with van der Waals surface area (Å²) in [4.78, 5) is 17.6. The number of aromatic nitrogens is 2. The Hall–Kier alpha value is -1.72. The van der Waals surface area contributed by atoms with Crippen LogP contribution in [0.5, 0.6) is 0 Å². The summed E-state index contributed by atoms with van der Waals surface area (Å²) in [6.07, 6.45) is 3.66. The molecule has 1 aromatic heterocycles. The summed E-state index contributed by atoms with van der Waals surface area (Å²) in [5.41, 5.74) is -0.0830. The first kappa shape index (κ1) is 9.82. The highest BCUT2D eigenvalue weighted by Crippen LogP contribution is 2.37. The van der Waals surface area contributed by atoms with E-state index in [1.165, 1.54) is 18.8 Å². The van der Waals surface area contributed by atoms with Gasteiger partial charge in [-0.15, -0.1) is 0 Å². The van der Waals surface area contributed by atoms with E-state index in [4.69, 9.17) is 0 Å². The molecule has 0 spiro atoms. The van der Waals surface area contributed by atoms with Gasteiger partial charge >= 0.3 is 5.69 Å². The molecule has 0 aromatic carbocycles. The van der Waals surface area contributed by atoms with E-state index in [2.05, 4.69) is 22.2 Å². The van der Waals surface area contributed by atoms with Crippen molar-refractivity contribution in [3.8, 4) is 0 Å². The molecule has 6 heteroatoms. The van der Waals surface area contributed by atoms with Crippen molar-refractivity contribution in [3.05, 3.63) is 22.5 Å². The number of anilines is 1. The fraction of sp³-hybridized carbons (Fsp3) is 0.556. The van der Waals surface area contributed by atoms with Crippen LogP contribution in [0.15, 0.2) is 12.4 Å². The molecule has 80 valence electrons. The smallest absolute Gasteiger partial charge is 0.305 e. The molecule has 1 fully saturated rings. The predicted molar refractivity (Wildman–Crippen MR) is 54.4 cm³/mol. The van der Waals surface area contributed by atoms with Gasteiger partial charge in [0, 0.05) is 6.54 Å². The molecule has 2 rings (SSSR count). The van der Waals surface area contributed by atoms with Crippen LogP contribution in [0.3, 0.4) is 0 Å². The van der Waals surface area contributed by atoms with Crippen LogP contribution in [0.4, 0.5) is 11.6 Å². The van der Waals surface area contributed by atoms with Crippen molar-refractivity contribution in [1.82, 2.24) is 9.97 Å². The van der Waals surface area contributed by atoms with Gasteiger partial charge in [-0.1, -0.05) is 6.92 Å². The van der Waals surface area contributed by atoms with E-state index in [9.17, 15) is 10.1 Å². The molecule has 1 aliphatic carbocycles. The van der Waals surface area contributed by atoms with E-state index in [1.54, 1.807) is 0 Å². The molecule has 0 bridgehead atoms. The van der Waals surface area contributed by atoms with Gasteiger partial charge in [0.25, 0.3) is 0 Å². The van der Waals surface area contributed by atoms with E-state index in [-0.39, 0.29) is 5.69 Å². The van der Waals surface area contributed by atoms with Crippen LogP contribution in [0, 0.1) is 22.0 Å². The first-order chi connectivity index (χ1) is 7.16. The Morgan fingerprint density at radius 1 is 1.60 bits per heavy atom. The van der Waals surface area contributed by atoms with Gasteiger partial charge in [-0.05, 0) is 18.3 Å². The lowest BCUT2D eigenvalue weighted by Gasteiger charge is -2.01. The average molecular weight is 208 g/mol. The van der Waals surface area contributed by atoms with E-state index in [0.717, 1.165) is 12.5 Å². The minimum atomic E-state index is -0.507. The molecule has 15 heavy (non-hydrogen) atoms. The van der Waals surface area contributed by atoms with E-state index in [1.807, 2.05) is 0 Å². The molecular formula is C9H12N4O2. The van der Waals surface area contributed by atoms with Gasteiger partial charge in [0.05, 0.1) is 4.92 Å². The Morgan fingerprint density at radius 2 is 2.20 bits per heavy atom. The maximum absolute atomic E-state index is 10.3. The second-order valence-electron chi connectivity index (χ2n) is 3.88. The van der Waals surface area contributed by atoms with Gasteiger partial charge in [-0.2, -0.15) is 0 Å². The average Bonchev–Trinajstić information content (AvgIpc) is 2.92. The monoisotopic (exact) mass is 208 g/mol. The van der Waals surface area contributed by atoms with Crippen LogP contribution >= 0.6 is 0 Å². The van der Waals surface area contributed by atoms with Gasteiger partial charge < -0.3 is 5.32 Å². The molecule has 2 unspecified atom stereocenters. The van der Waals surface area contributed by atoms with E-state index >= 15 is 0 Å². The van der Waals surface area contributed by atoms with Crippen molar-refractivity contribution < 1.29 is 4.92 Å². The van der Waals surface area contributed by atoms with E-state index < -0.39 is 4.92 Å². The highest BCUT2D eigenvalue weighted by molar-refractivity contribution is 5.30. The van der Waals surface area contributed by atoms with Crippen LogP contribution in [0.25, 0.3) is 0 Å². The Kier molecular flexibility index (Phi) is 2.49. The summed E-state index contributed by atoms with van der Waals surface area (Å²) >= 11 is 0. The fourth-order valence-corrected chi connectivity index (χ4v) is 1.41. The zero-order chi connectivity index (χ0) is 10.8. The lowest BCUT2D eigenvalue weighted by atomic mass is 10.3. The minimum absolute atomic E-state index is 0.0830. The molecule has 1 heterocycles. The third-order valence-corrected chi connectivity index (χ3v) is 2.65. The Bertz CT molecular complexity index is 365. The molecule has 1 aromatic rings. The Labute approximate surface area is 86.9 Å². The lowest BCUT2D eigenvalue weighted by molar-refractivity contribution is -0.385. The van der Waals surface area contributed by atoms with Crippen molar-refractivity contribution in [2.45, 2.75) is 13.3 Å².